The van der Waals surface area contributed by atoms with Crippen molar-refractivity contribution in [3.05, 3.63) is 0 Å². The summed E-state index contributed by atoms with van der Waals surface area (Å²) in [7, 11) is 3.12. The van der Waals surface area contributed by atoms with E-state index in [0.717, 1.165) is 19.4 Å². The number of carbonyl (C=O) groups excluding carboxylic acids is 1. The molecule has 1 fully saturated rings. The van der Waals surface area contributed by atoms with Crippen LogP contribution < -0.4 is 0 Å². The number of hydrazone groups is 1. The topological polar surface area (TPSA) is 51.1 Å². The molecule has 5 nitrogen and oxygen atoms in total. The maximum absolute atomic E-state index is 11.9. The van der Waals surface area contributed by atoms with Gasteiger partial charge in [0, 0.05) is 13.7 Å². The van der Waals surface area contributed by atoms with Gasteiger partial charge in [-0.25, -0.2) is 0 Å². The number of nitrogens with zero attached hydrogens (tertiary/aromatic N) is 2. The number of methoxy groups -OCH3 is 2. The Bertz CT molecular complexity index is 319. The normalized spacial score (nSPS) is 22.7. The van der Waals surface area contributed by atoms with Crippen molar-refractivity contribution in [1.82, 2.24) is 5.01 Å². The van der Waals surface area contributed by atoms with E-state index in [9.17, 15) is 4.79 Å². The number of hydrogen-bond donors (Lipinski definition) is 0. The van der Waals surface area contributed by atoms with Gasteiger partial charge in [-0.1, -0.05) is 6.92 Å². The maximum atomic E-state index is 11.9. The predicted octanol–water partition coefficient (Wildman–Crippen LogP) is 1.77. The molecule has 0 saturated carbocycles. The fraction of sp³-hybridized carbons (Fsp3) is 0.846. The van der Waals surface area contributed by atoms with Crippen LogP contribution in [0, 0.1) is 0 Å². The van der Waals surface area contributed by atoms with Crippen molar-refractivity contribution in [2.45, 2.75) is 37.0 Å². The summed E-state index contributed by atoms with van der Waals surface area (Å²) in [5.41, 5.74) is 0. The number of carbonyl (C=O) groups is 1. The highest BCUT2D eigenvalue weighted by Gasteiger charge is 2.36. The molecule has 0 aromatic carbocycles. The van der Waals surface area contributed by atoms with E-state index < -0.39 is 4.75 Å². The zero-order valence-corrected chi connectivity index (χ0v) is 13.0. The average molecular weight is 288 g/mol. The van der Waals surface area contributed by atoms with Crippen molar-refractivity contribution in [3.8, 4) is 0 Å². The minimum absolute atomic E-state index is 0.242. The minimum atomic E-state index is -0.686. The maximum Gasteiger partial charge on any atom is 0.327 e. The first-order chi connectivity index (χ1) is 9.13. The lowest BCUT2D eigenvalue weighted by Gasteiger charge is -2.26. The van der Waals surface area contributed by atoms with Gasteiger partial charge in [0.05, 0.1) is 26.0 Å². The second-order valence-electron chi connectivity index (χ2n) is 4.60. The number of hydrogen-bond acceptors (Lipinski definition) is 6. The second-order valence-corrected chi connectivity index (χ2v) is 5.73. The number of ether oxygens (including phenoxy) is 2. The van der Waals surface area contributed by atoms with Gasteiger partial charge in [0.15, 0.2) is 0 Å². The highest BCUT2D eigenvalue weighted by Crippen LogP contribution is 2.27. The molecule has 0 aliphatic carbocycles. The average Bonchev–Trinajstić information content (AvgIpc) is 2.88. The quantitative estimate of drug-likeness (QED) is 0.528. The summed E-state index contributed by atoms with van der Waals surface area (Å²) in [5.74, 6) is -0.242. The molecule has 0 N–H and O–H groups in total. The van der Waals surface area contributed by atoms with E-state index in [2.05, 4.69) is 5.10 Å². The molecule has 0 aromatic rings. The summed E-state index contributed by atoms with van der Waals surface area (Å²) in [6.07, 6.45) is 6.50. The molecule has 6 heteroatoms. The third-order valence-corrected chi connectivity index (χ3v) is 4.83. The van der Waals surface area contributed by atoms with E-state index in [1.165, 1.54) is 18.9 Å². The van der Waals surface area contributed by atoms with Crippen LogP contribution in [-0.2, 0) is 14.3 Å². The molecule has 1 aliphatic rings. The minimum Gasteiger partial charge on any atom is -0.468 e. The zero-order chi connectivity index (χ0) is 14.3. The first-order valence-electron chi connectivity index (χ1n) is 6.57. The Balaban J connectivity index is 2.78. The monoisotopic (exact) mass is 288 g/mol. The Labute approximate surface area is 119 Å². The second kappa shape index (κ2) is 7.75. The molecule has 0 spiro atoms. The molecule has 19 heavy (non-hydrogen) atoms. The van der Waals surface area contributed by atoms with Crippen molar-refractivity contribution in [2.24, 2.45) is 5.10 Å². The standard InChI is InChI=1S/C13H24N2O3S/c1-5-13(19-4,12(16)18-3)10-14-15-8-6-7-11(15)9-17-2/h10-11H,5-9H2,1-4H3/b14-10+/t11-,13+/m0/s1. The summed E-state index contributed by atoms with van der Waals surface area (Å²) in [4.78, 5) is 11.9. The van der Waals surface area contributed by atoms with Gasteiger partial charge < -0.3 is 9.47 Å². The molecule has 0 radical (unpaired) electrons. The molecule has 0 amide bonds. The van der Waals surface area contributed by atoms with Crippen LogP contribution in [0.4, 0.5) is 0 Å². The Hall–Kier alpha value is -0.750. The first kappa shape index (κ1) is 16.3. The molecule has 1 saturated heterocycles. The molecule has 0 bridgehead atoms. The van der Waals surface area contributed by atoms with Gasteiger partial charge in [-0.05, 0) is 25.5 Å². The summed E-state index contributed by atoms with van der Waals surface area (Å²) in [6, 6.07) is 0.315. The smallest absolute Gasteiger partial charge is 0.327 e. The summed E-state index contributed by atoms with van der Waals surface area (Å²) < 4.78 is 9.40. The molecule has 110 valence electrons. The molecular formula is C13H24N2O3S. The summed E-state index contributed by atoms with van der Waals surface area (Å²) in [5, 5.41) is 6.53. The van der Waals surface area contributed by atoms with E-state index in [1.807, 2.05) is 18.2 Å². The fourth-order valence-electron chi connectivity index (χ4n) is 2.24. The first-order valence-corrected chi connectivity index (χ1v) is 7.80. The lowest BCUT2D eigenvalue weighted by molar-refractivity contribution is -0.141. The van der Waals surface area contributed by atoms with Crippen LogP contribution in [0.3, 0.4) is 0 Å². The highest BCUT2D eigenvalue weighted by atomic mass is 32.2. The van der Waals surface area contributed by atoms with Gasteiger partial charge in [-0.15, -0.1) is 11.8 Å². The Kier molecular flexibility index (Phi) is 6.65. The van der Waals surface area contributed by atoms with Crippen molar-refractivity contribution < 1.29 is 14.3 Å². The van der Waals surface area contributed by atoms with Gasteiger partial charge in [0.1, 0.15) is 4.75 Å². The van der Waals surface area contributed by atoms with Crippen molar-refractivity contribution >= 4 is 23.9 Å². The van der Waals surface area contributed by atoms with Crippen LogP contribution in [-0.4, -0.2) is 61.6 Å². The van der Waals surface area contributed by atoms with E-state index in [0.29, 0.717) is 19.1 Å². The van der Waals surface area contributed by atoms with Gasteiger partial charge >= 0.3 is 5.97 Å². The van der Waals surface area contributed by atoms with Crippen LogP contribution >= 0.6 is 11.8 Å². The lowest BCUT2D eigenvalue weighted by atomic mass is 10.1. The third kappa shape index (κ3) is 3.86. The van der Waals surface area contributed by atoms with Gasteiger partial charge in [0.2, 0.25) is 0 Å². The van der Waals surface area contributed by atoms with E-state index in [-0.39, 0.29) is 5.97 Å². The van der Waals surface area contributed by atoms with E-state index in [4.69, 9.17) is 9.47 Å². The van der Waals surface area contributed by atoms with E-state index in [1.54, 1.807) is 13.3 Å². The Morgan fingerprint density at radius 1 is 1.58 bits per heavy atom. The summed E-state index contributed by atoms with van der Waals surface area (Å²) >= 11 is 1.47. The molecule has 1 aliphatic heterocycles. The number of thioether (sulfide) groups is 1. The summed E-state index contributed by atoms with van der Waals surface area (Å²) in [6.45, 7) is 3.56. The Morgan fingerprint density at radius 2 is 2.32 bits per heavy atom. The number of rotatable bonds is 7. The van der Waals surface area contributed by atoms with Crippen molar-refractivity contribution in [1.29, 1.82) is 0 Å². The van der Waals surface area contributed by atoms with Gasteiger partial charge in [-0.3, -0.25) is 9.80 Å². The predicted molar refractivity (Wildman–Crippen MR) is 78.6 cm³/mol. The molecule has 1 rings (SSSR count). The Morgan fingerprint density at radius 3 is 2.84 bits per heavy atom. The van der Waals surface area contributed by atoms with Crippen molar-refractivity contribution in [2.75, 3.05) is 33.6 Å². The van der Waals surface area contributed by atoms with E-state index >= 15 is 0 Å². The molecule has 1 heterocycles. The van der Waals surface area contributed by atoms with Crippen LogP contribution in [0.2, 0.25) is 0 Å². The fourth-order valence-corrected chi connectivity index (χ4v) is 2.93. The molecular weight excluding hydrogens is 264 g/mol. The van der Waals surface area contributed by atoms with Crippen molar-refractivity contribution in [3.63, 3.8) is 0 Å². The molecule has 2 atom stereocenters. The van der Waals surface area contributed by atoms with Gasteiger partial charge in [0.25, 0.3) is 0 Å². The molecule has 0 unspecified atom stereocenters. The van der Waals surface area contributed by atoms with Crippen LogP contribution in [0.25, 0.3) is 0 Å². The van der Waals surface area contributed by atoms with Crippen LogP contribution in [0.15, 0.2) is 5.10 Å². The highest BCUT2D eigenvalue weighted by molar-refractivity contribution is 8.01. The van der Waals surface area contributed by atoms with Gasteiger partial charge in [-0.2, -0.15) is 5.10 Å². The van der Waals surface area contributed by atoms with Crippen LogP contribution in [0.5, 0.6) is 0 Å². The SMILES string of the molecule is CC[C@](/C=N/N1CCC[C@H]1COC)(SC)C(=O)OC. The zero-order valence-electron chi connectivity index (χ0n) is 12.2. The molecule has 0 aromatic heterocycles. The van der Waals surface area contributed by atoms with Crippen LogP contribution in [0.1, 0.15) is 26.2 Å². The largest absolute Gasteiger partial charge is 0.468 e. The third-order valence-electron chi connectivity index (χ3n) is 3.54. The number of esters is 1. The lowest BCUT2D eigenvalue weighted by Crippen LogP contribution is -2.39.